The lowest BCUT2D eigenvalue weighted by Crippen LogP contribution is -2.53. The van der Waals surface area contributed by atoms with Gasteiger partial charge in [-0.1, -0.05) is 0 Å². The Morgan fingerprint density at radius 2 is 2.06 bits per heavy atom. The molecule has 0 aromatic carbocycles. The lowest BCUT2D eigenvalue weighted by atomic mass is 9.65. The number of fused-ring (bicyclic) bond motifs is 1. The van der Waals surface area contributed by atoms with Crippen LogP contribution in [0.15, 0.2) is 0 Å². The van der Waals surface area contributed by atoms with Gasteiger partial charge in [-0.25, -0.2) is 0 Å². The van der Waals surface area contributed by atoms with Crippen molar-refractivity contribution < 1.29 is 18.0 Å². The van der Waals surface area contributed by atoms with Crippen LogP contribution in [0.4, 0.5) is 13.2 Å². The molecule has 0 bridgehead atoms. The maximum Gasteiger partial charge on any atom is 0.471 e. The summed E-state index contributed by atoms with van der Waals surface area (Å²) in [4.78, 5) is 10.7. The second-order valence-electron chi connectivity index (χ2n) is 4.63. The molecule has 1 aliphatic heterocycles. The van der Waals surface area contributed by atoms with Crippen molar-refractivity contribution in [3.8, 4) is 0 Å². The summed E-state index contributed by atoms with van der Waals surface area (Å²) in [6.45, 7) is 1.81. The van der Waals surface area contributed by atoms with Crippen molar-refractivity contribution in [1.29, 1.82) is 0 Å². The Morgan fingerprint density at radius 3 is 2.62 bits per heavy atom. The molecule has 0 radical (unpaired) electrons. The van der Waals surface area contributed by atoms with E-state index in [-0.39, 0.29) is 12.5 Å². The number of hydrogen-bond acceptors (Lipinski definition) is 2. The molecule has 2 aliphatic rings. The van der Waals surface area contributed by atoms with Crippen LogP contribution in [-0.2, 0) is 4.79 Å². The summed E-state index contributed by atoms with van der Waals surface area (Å²) in [5, 5.41) is 5.17. The standard InChI is InChI=1S/C10H15F3N2O/c11-10(12,13)9(16)15-5-7-4-14-3-6-1-2-8(6)7/h6-8,14H,1-5H2,(H,15,16). The number of nitrogens with one attached hydrogen (secondary N) is 2. The zero-order chi connectivity index (χ0) is 11.8. The molecule has 1 saturated carbocycles. The topological polar surface area (TPSA) is 41.1 Å². The number of hydrogen-bond donors (Lipinski definition) is 2. The second kappa shape index (κ2) is 4.24. The molecule has 1 heterocycles. The molecule has 3 nitrogen and oxygen atoms in total. The summed E-state index contributed by atoms with van der Waals surface area (Å²) >= 11 is 0. The van der Waals surface area contributed by atoms with Gasteiger partial charge in [0.15, 0.2) is 0 Å². The maximum absolute atomic E-state index is 12.0. The van der Waals surface area contributed by atoms with Gasteiger partial charge in [-0.05, 0) is 43.7 Å². The molecule has 1 saturated heterocycles. The summed E-state index contributed by atoms with van der Waals surface area (Å²) in [5.41, 5.74) is 0. The zero-order valence-corrected chi connectivity index (χ0v) is 8.81. The Morgan fingerprint density at radius 1 is 1.31 bits per heavy atom. The van der Waals surface area contributed by atoms with Gasteiger partial charge in [0.2, 0.25) is 0 Å². The van der Waals surface area contributed by atoms with Gasteiger partial charge in [-0.2, -0.15) is 13.2 Å². The first-order valence-corrected chi connectivity index (χ1v) is 5.54. The normalized spacial score (nSPS) is 33.8. The summed E-state index contributed by atoms with van der Waals surface area (Å²) in [7, 11) is 0. The third-order valence-electron chi connectivity index (χ3n) is 3.68. The highest BCUT2D eigenvalue weighted by molar-refractivity contribution is 5.81. The van der Waals surface area contributed by atoms with Crippen molar-refractivity contribution in [2.45, 2.75) is 19.0 Å². The minimum Gasteiger partial charge on any atom is -0.348 e. The van der Waals surface area contributed by atoms with Gasteiger partial charge in [0, 0.05) is 6.54 Å². The number of carbonyl (C=O) groups excluding carboxylic acids is 1. The van der Waals surface area contributed by atoms with Crippen LogP contribution in [0.3, 0.4) is 0 Å². The molecular formula is C10H15F3N2O. The Balaban J connectivity index is 1.79. The summed E-state index contributed by atoms with van der Waals surface area (Å²) in [6.07, 6.45) is -2.53. The van der Waals surface area contributed by atoms with E-state index in [9.17, 15) is 18.0 Å². The predicted molar refractivity (Wildman–Crippen MR) is 51.6 cm³/mol. The average Bonchev–Trinajstić information content (AvgIpc) is 2.15. The monoisotopic (exact) mass is 236 g/mol. The lowest BCUT2D eigenvalue weighted by molar-refractivity contribution is -0.174. The van der Waals surface area contributed by atoms with Crippen molar-refractivity contribution in [2.75, 3.05) is 19.6 Å². The van der Waals surface area contributed by atoms with Gasteiger partial charge in [0.25, 0.3) is 0 Å². The van der Waals surface area contributed by atoms with Gasteiger partial charge < -0.3 is 10.6 Å². The summed E-state index contributed by atoms with van der Waals surface area (Å²) < 4.78 is 35.9. The van der Waals surface area contributed by atoms with Gasteiger partial charge in [0.05, 0.1) is 0 Å². The van der Waals surface area contributed by atoms with E-state index in [0.29, 0.717) is 18.4 Å². The molecule has 3 unspecified atom stereocenters. The SMILES string of the molecule is O=C(NCC1CNCC2CCC21)C(F)(F)F. The van der Waals surface area contributed by atoms with Crippen LogP contribution in [0.25, 0.3) is 0 Å². The molecule has 2 rings (SSSR count). The highest BCUT2D eigenvalue weighted by Crippen LogP contribution is 2.41. The zero-order valence-electron chi connectivity index (χ0n) is 8.81. The minimum atomic E-state index is -4.76. The number of carbonyl (C=O) groups is 1. The maximum atomic E-state index is 12.0. The number of piperidine rings is 1. The molecule has 0 spiro atoms. The fourth-order valence-electron chi connectivity index (χ4n) is 2.62. The number of alkyl halides is 3. The van der Waals surface area contributed by atoms with Crippen LogP contribution < -0.4 is 10.6 Å². The van der Waals surface area contributed by atoms with Gasteiger partial charge in [-0.3, -0.25) is 4.79 Å². The highest BCUT2D eigenvalue weighted by atomic mass is 19.4. The van der Waals surface area contributed by atoms with Crippen LogP contribution in [-0.4, -0.2) is 31.7 Å². The van der Waals surface area contributed by atoms with Crippen molar-refractivity contribution >= 4 is 5.91 Å². The first kappa shape index (κ1) is 11.7. The first-order valence-electron chi connectivity index (χ1n) is 5.54. The van der Waals surface area contributed by atoms with Gasteiger partial charge in [-0.15, -0.1) is 0 Å². The molecule has 6 heteroatoms. The Bertz CT molecular complexity index is 280. The predicted octanol–water partition coefficient (Wildman–Crippen LogP) is 0.910. The Hall–Kier alpha value is -0.780. The molecule has 2 N–H and O–H groups in total. The minimum absolute atomic E-state index is 0.131. The molecule has 0 aromatic heterocycles. The molecule has 1 aliphatic carbocycles. The van der Waals surface area contributed by atoms with E-state index in [1.165, 1.54) is 0 Å². The molecule has 92 valence electrons. The van der Waals surface area contributed by atoms with E-state index in [0.717, 1.165) is 19.4 Å². The molecular weight excluding hydrogens is 221 g/mol. The Labute approximate surface area is 91.8 Å². The number of amides is 1. The number of halogens is 3. The van der Waals surface area contributed by atoms with Crippen molar-refractivity contribution in [1.82, 2.24) is 10.6 Å². The summed E-state index contributed by atoms with van der Waals surface area (Å²) in [5.74, 6) is -0.580. The van der Waals surface area contributed by atoms with Crippen molar-refractivity contribution in [2.24, 2.45) is 17.8 Å². The van der Waals surface area contributed by atoms with Crippen LogP contribution in [0, 0.1) is 17.8 Å². The van der Waals surface area contributed by atoms with Crippen LogP contribution >= 0.6 is 0 Å². The molecule has 2 fully saturated rings. The summed E-state index contributed by atoms with van der Waals surface area (Å²) in [6, 6.07) is 0. The van der Waals surface area contributed by atoms with E-state index in [2.05, 4.69) is 5.32 Å². The van der Waals surface area contributed by atoms with Crippen molar-refractivity contribution in [3.63, 3.8) is 0 Å². The Kier molecular flexibility index (Phi) is 3.10. The smallest absolute Gasteiger partial charge is 0.348 e. The number of rotatable bonds is 2. The molecule has 16 heavy (non-hydrogen) atoms. The fourth-order valence-corrected chi connectivity index (χ4v) is 2.62. The van der Waals surface area contributed by atoms with Crippen LogP contribution in [0.5, 0.6) is 0 Å². The molecule has 1 amide bonds. The highest BCUT2D eigenvalue weighted by Gasteiger charge is 2.42. The third-order valence-corrected chi connectivity index (χ3v) is 3.68. The lowest BCUT2D eigenvalue weighted by Gasteiger charge is -2.46. The van der Waals surface area contributed by atoms with E-state index in [4.69, 9.17) is 0 Å². The molecule has 0 aromatic rings. The first-order chi connectivity index (χ1) is 7.48. The van der Waals surface area contributed by atoms with Crippen LogP contribution in [0.1, 0.15) is 12.8 Å². The van der Waals surface area contributed by atoms with E-state index in [1.807, 2.05) is 5.32 Å². The van der Waals surface area contributed by atoms with Crippen molar-refractivity contribution in [3.05, 3.63) is 0 Å². The van der Waals surface area contributed by atoms with E-state index >= 15 is 0 Å². The van der Waals surface area contributed by atoms with Gasteiger partial charge in [0.1, 0.15) is 0 Å². The quantitative estimate of drug-likeness (QED) is 0.748. The largest absolute Gasteiger partial charge is 0.471 e. The fraction of sp³-hybridized carbons (Fsp3) is 0.900. The molecule has 3 atom stereocenters. The second-order valence-corrected chi connectivity index (χ2v) is 4.63. The van der Waals surface area contributed by atoms with Gasteiger partial charge >= 0.3 is 12.1 Å². The van der Waals surface area contributed by atoms with Crippen LogP contribution in [0.2, 0.25) is 0 Å². The average molecular weight is 236 g/mol. The van der Waals surface area contributed by atoms with E-state index in [1.54, 1.807) is 0 Å². The third kappa shape index (κ3) is 2.31. The van der Waals surface area contributed by atoms with E-state index < -0.39 is 12.1 Å².